The van der Waals surface area contributed by atoms with Crippen LogP contribution in [0.2, 0.25) is 0 Å². The smallest absolute Gasteiger partial charge is 0.0976 e. The number of aryl methyl sites for hydroxylation is 4. The van der Waals surface area contributed by atoms with Crippen LogP contribution in [-0.2, 0) is 22.0 Å². The first-order valence-electron chi connectivity index (χ1n) is 11.1. The Morgan fingerprint density at radius 3 is 1.16 bits per heavy atom. The van der Waals surface area contributed by atoms with Gasteiger partial charge in [-0.15, -0.1) is 0 Å². The van der Waals surface area contributed by atoms with Gasteiger partial charge in [-0.25, -0.2) is 17.9 Å². The lowest BCUT2D eigenvalue weighted by atomic mass is 9.91. The maximum atomic E-state index is 13.2. The molecule has 4 atom stereocenters. The zero-order valence-corrected chi connectivity index (χ0v) is 22.9. The van der Waals surface area contributed by atoms with Gasteiger partial charge in [0, 0.05) is 0 Å². The summed E-state index contributed by atoms with van der Waals surface area (Å²) >= 11 is 0. The van der Waals surface area contributed by atoms with Crippen molar-refractivity contribution in [1.82, 2.24) is 9.44 Å². The van der Waals surface area contributed by atoms with E-state index in [1.807, 2.05) is 41.5 Å². The lowest BCUT2D eigenvalue weighted by Crippen LogP contribution is -2.44. The predicted octanol–water partition coefficient (Wildman–Crippen LogP) is 5.81. The highest BCUT2D eigenvalue weighted by molar-refractivity contribution is 7.84. The van der Waals surface area contributed by atoms with E-state index in [-0.39, 0.29) is 12.1 Å². The molecule has 0 aliphatic carbocycles. The predicted molar refractivity (Wildman–Crippen MR) is 139 cm³/mol. The van der Waals surface area contributed by atoms with Crippen LogP contribution in [0, 0.1) is 27.7 Å². The minimum absolute atomic E-state index is 0.331. The monoisotopic (exact) mass is 476 g/mol. The van der Waals surface area contributed by atoms with E-state index in [0.717, 1.165) is 11.1 Å². The quantitative estimate of drug-likeness (QED) is 0.530. The minimum Gasteiger partial charge on any atom is -0.242 e. The largest absolute Gasteiger partial charge is 0.242 e. The van der Waals surface area contributed by atoms with Gasteiger partial charge in [0.15, 0.2) is 0 Å². The average Bonchev–Trinajstić information content (AvgIpc) is 2.67. The van der Waals surface area contributed by atoms with Gasteiger partial charge in [0.25, 0.3) is 0 Å². The molecule has 0 saturated heterocycles. The molecule has 4 nitrogen and oxygen atoms in total. The van der Waals surface area contributed by atoms with Crippen LogP contribution in [0.25, 0.3) is 0 Å². The topological polar surface area (TPSA) is 58.2 Å². The third-order valence-corrected chi connectivity index (χ3v) is 8.85. The number of nitrogens with one attached hydrogen (secondary N) is 2. The van der Waals surface area contributed by atoms with E-state index in [4.69, 9.17) is 0 Å². The summed E-state index contributed by atoms with van der Waals surface area (Å²) in [6, 6.07) is 12.0. The van der Waals surface area contributed by atoms with Crippen molar-refractivity contribution in [3.05, 3.63) is 69.8 Å². The summed E-state index contributed by atoms with van der Waals surface area (Å²) in [4.78, 5) is 0. The summed E-state index contributed by atoms with van der Waals surface area (Å²) in [5.41, 5.74) is 6.80. The highest BCUT2D eigenvalue weighted by atomic mass is 32.2. The molecule has 0 spiro atoms. The lowest BCUT2D eigenvalue weighted by molar-refractivity contribution is 0.485. The van der Waals surface area contributed by atoms with Crippen molar-refractivity contribution in [2.45, 2.75) is 90.8 Å². The molecular weight excluding hydrogens is 436 g/mol. The summed E-state index contributed by atoms with van der Waals surface area (Å²) < 4.78 is 32.4. The van der Waals surface area contributed by atoms with Crippen LogP contribution >= 0.6 is 0 Å². The van der Waals surface area contributed by atoms with Gasteiger partial charge in [0.05, 0.1) is 43.5 Å². The van der Waals surface area contributed by atoms with Crippen molar-refractivity contribution >= 4 is 22.0 Å². The van der Waals surface area contributed by atoms with Gasteiger partial charge < -0.3 is 0 Å². The van der Waals surface area contributed by atoms with Crippen molar-refractivity contribution < 1.29 is 8.42 Å². The number of hydrogen-bond acceptors (Lipinski definition) is 2. The molecule has 0 saturated carbocycles. The Morgan fingerprint density at radius 2 is 0.906 bits per heavy atom. The van der Waals surface area contributed by atoms with Gasteiger partial charge in [-0.05, 0) is 103 Å². The number of rotatable bonds is 7. The summed E-state index contributed by atoms with van der Waals surface area (Å²) in [7, 11) is -2.62. The molecule has 0 aliphatic rings. The Balaban J connectivity index is 2.67. The van der Waals surface area contributed by atoms with Crippen LogP contribution in [-0.4, -0.2) is 17.9 Å². The van der Waals surface area contributed by atoms with Gasteiger partial charge in [0.2, 0.25) is 0 Å². The van der Waals surface area contributed by atoms with Gasteiger partial charge in [-0.1, -0.05) is 36.4 Å². The SMILES string of the molecule is Cc1ccc([C@H](NS(=O)C(C)(C)C)[C@@H](NS(=O)C(C)(C)C)c2ccc(C)c(C)c2)cc1C. The van der Waals surface area contributed by atoms with E-state index >= 15 is 0 Å². The second kappa shape index (κ2) is 10.3. The first-order chi connectivity index (χ1) is 14.6. The van der Waals surface area contributed by atoms with Crippen LogP contribution in [0.15, 0.2) is 36.4 Å². The molecule has 0 aromatic heterocycles. The first-order valence-corrected chi connectivity index (χ1v) is 13.4. The number of benzene rings is 2. The minimum atomic E-state index is -1.31. The molecule has 2 N–H and O–H groups in total. The molecule has 2 rings (SSSR count). The Hall–Kier alpha value is -1.34. The summed E-state index contributed by atoms with van der Waals surface area (Å²) in [6.07, 6.45) is 0. The standard InChI is InChI=1S/C26H40N2O2S2/c1-17-11-13-21(15-19(17)3)23(27-31(29)25(5,6)7)24(28-32(30)26(8,9)10)22-14-12-18(2)20(4)16-22/h11-16,23-24,27-28H,1-10H3/t23-,24-,31?,32?/m0/s1. The molecule has 2 aromatic carbocycles. The fourth-order valence-electron chi connectivity index (χ4n) is 3.16. The van der Waals surface area contributed by atoms with Gasteiger partial charge in [0.1, 0.15) is 0 Å². The highest BCUT2D eigenvalue weighted by Crippen LogP contribution is 2.33. The average molecular weight is 477 g/mol. The number of hydrogen-bond donors (Lipinski definition) is 2. The van der Waals surface area contributed by atoms with Crippen molar-refractivity contribution in [1.29, 1.82) is 0 Å². The molecule has 0 aliphatic heterocycles. The molecule has 0 amide bonds. The van der Waals surface area contributed by atoms with E-state index in [9.17, 15) is 8.42 Å². The van der Waals surface area contributed by atoms with E-state index in [2.05, 4.69) is 73.5 Å². The van der Waals surface area contributed by atoms with Gasteiger partial charge >= 0.3 is 0 Å². The molecule has 2 aromatic rings. The maximum Gasteiger partial charge on any atom is 0.0976 e. The molecule has 0 heterocycles. The lowest BCUT2D eigenvalue weighted by Gasteiger charge is -2.33. The summed E-state index contributed by atoms with van der Waals surface area (Å²) in [5.74, 6) is 0. The fourth-order valence-corrected chi connectivity index (χ4v) is 4.87. The molecule has 0 bridgehead atoms. The highest BCUT2D eigenvalue weighted by Gasteiger charge is 2.33. The second-order valence-corrected chi connectivity index (χ2v) is 14.6. The molecule has 0 fully saturated rings. The summed E-state index contributed by atoms with van der Waals surface area (Å²) in [6.45, 7) is 20.1. The van der Waals surface area contributed by atoms with Crippen molar-refractivity contribution in [3.8, 4) is 0 Å². The Kier molecular flexibility index (Phi) is 8.65. The van der Waals surface area contributed by atoms with Crippen molar-refractivity contribution in [2.75, 3.05) is 0 Å². The van der Waals surface area contributed by atoms with Crippen molar-refractivity contribution in [3.63, 3.8) is 0 Å². The van der Waals surface area contributed by atoms with Crippen LogP contribution in [0.1, 0.15) is 87.0 Å². The van der Waals surface area contributed by atoms with E-state index in [0.29, 0.717) is 0 Å². The van der Waals surface area contributed by atoms with Gasteiger partial charge in [-0.3, -0.25) is 0 Å². The summed E-state index contributed by atoms with van der Waals surface area (Å²) in [5, 5.41) is 0. The van der Waals surface area contributed by atoms with Crippen LogP contribution in [0.4, 0.5) is 0 Å². The molecule has 6 heteroatoms. The molecule has 2 unspecified atom stereocenters. The van der Waals surface area contributed by atoms with E-state index < -0.39 is 31.5 Å². The Morgan fingerprint density at radius 1 is 0.594 bits per heavy atom. The Bertz CT molecular complexity index is 922. The van der Waals surface area contributed by atoms with Crippen molar-refractivity contribution in [2.24, 2.45) is 0 Å². The van der Waals surface area contributed by atoms with Gasteiger partial charge in [-0.2, -0.15) is 0 Å². The second-order valence-electron chi connectivity index (χ2n) is 10.6. The third kappa shape index (κ3) is 6.83. The maximum absolute atomic E-state index is 13.2. The molecule has 0 radical (unpaired) electrons. The normalized spacial score (nSPS) is 16.4. The molecular formula is C26H40N2O2S2. The molecule has 32 heavy (non-hydrogen) atoms. The third-order valence-electron chi connectivity index (χ3n) is 5.69. The van der Waals surface area contributed by atoms with E-state index in [1.165, 1.54) is 22.3 Å². The Labute approximate surface area is 200 Å². The van der Waals surface area contributed by atoms with Crippen LogP contribution < -0.4 is 9.44 Å². The fraction of sp³-hybridized carbons (Fsp3) is 0.538. The zero-order chi connectivity index (χ0) is 24.4. The van der Waals surface area contributed by atoms with Crippen LogP contribution in [0.5, 0.6) is 0 Å². The molecule has 178 valence electrons. The van der Waals surface area contributed by atoms with Crippen LogP contribution in [0.3, 0.4) is 0 Å². The van der Waals surface area contributed by atoms with E-state index in [1.54, 1.807) is 0 Å². The zero-order valence-electron chi connectivity index (χ0n) is 21.3. The first kappa shape index (κ1) is 26.9.